The average Bonchev–Trinajstić information content (AvgIpc) is 3.67. The zero-order valence-corrected chi connectivity index (χ0v) is 29.5. The number of rotatable bonds is 5. The highest BCUT2D eigenvalue weighted by Gasteiger charge is 2.37. The van der Waals surface area contributed by atoms with Crippen LogP contribution in [0.5, 0.6) is 0 Å². The molecule has 0 radical (unpaired) electrons. The van der Waals surface area contributed by atoms with Crippen molar-refractivity contribution in [2.24, 2.45) is 0 Å². The second-order valence-corrected chi connectivity index (χ2v) is 14.6. The van der Waals surface area contributed by atoms with Crippen molar-refractivity contribution in [3.05, 3.63) is 187 Å². The maximum absolute atomic E-state index is 6.14. The van der Waals surface area contributed by atoms with Gasteiger partial charge in [0, 0.05) is 33.1 Å². The van der Waals surface area contributed by atoms with Gasteiger partial charge in [-0.3, -0.25) is 0 Å². The van der Waals surface area contributed by atoms with Gasteiger partial charge in [-0.15, -0.1) is 0 Å². The summed E-state index contributed by atoms with van der Waals surface area (Å²) in [4.78, 5) is 2.46. The molecule has 0 atom stereocenters. The molecule has 8 aromatic carbocycles. The fourth-order valence-corrected chi connectivity index (χ4v) is 8.59. The summed E-state index contributed by atoms with van der Waals surface area (Å²) >= 11 is 0. The molecule has 2 nitrogen and oxygen atoms in total. The Bertz CT molecular complexity index is 2820. The van der Waals surface area contributed by atoms with Crippen LogP contribution in [0.1, 0.15) is 30.5 Å². The first-order chi connectivity index (χ1) is 25.5. The SMILES string of the molecule is Cc1cccc2c1-c1ccc(N(c3ccc(-c4ccc5oc6ccccc6c5c4)cc3)c3ccc4ccccc4c3-c3ccccc3)cc1C2(C)C. The smallest absolute Gasteiger partial charge is 0.135 e. The van der Waals surface area contributed by atoms with Gasteiger partial charge in [-0.25, -0.2) is 0 Å². The number of nitrogens with zero attached hydrogens (tertiary/aromatic N) is 1. The minimum atomic E-state index is -0.121. The van der Waals surface area contributed by atoms with Crippen molar-refractivity contribution in [1.29, 1.82) is 0 Å². The largest absolute Gasteiger partial charge is 0.456 e. The van der Waals surface area contributed by atoms with Crippen LogP contribution in [0, 0.1) is 6.92 Å². The van der Waals surface area contributed by atoms with Crippen LogP contribution < -0.4 is 4.90 Å². The van der Waals surface area contributed by atoms with Crippen molar-refractivity contribution in [1.82, 2.24) is 0 Å². The molecule has 1 heterocycles. The average molecular weight is 668 g/mol. The van der Waals surface area contributed by atoms with Crippen LogP contribution in [0.25, 0.3) is 66.1 Å². The van der Waals surface area contributed by atoms with Crippen molar-refractivity contribution in [3.63, 3.8) is 0 Å². The topological polar surface area (TPSA) is 16.4 Å². The summed E-state index contributed by atoms with van der Waals surface area (Å²) in [7, 11) is 0. The Labute approximate surface area is 304 Å². The van der Waals surface area contributed by atoms with Gasteiger partial charge in [0.25, 0.3) is 0 Å². The van der Waals surface area contributed by atoms with Gasteiger partial charge in [0.05, 0.1) is 5.69 Å². The van der Waals surface area contributed by atoms with Crippen LogP contribution in [-0.4, -0.2) is 0 Å². The van der Waals surface area contributed by atoms with E-state index in [1.54, 1.807) is 0 Å². The lowest BCUT2D eigenvalue weighted by atomic mass is 9.82. The normalized spacial score (nSPS) is 13.1. The molecule has 0 fully saturated rings. The van der Waals surface area contributed by atoms with Crippen molar-refractivity contribution >= 4 is 49.8 Å². The van der Waals surface area contributed by atoms with E-state index in [1.165, 1.54) is 60.8 Å². The number of fused-ring (bicyclic) bond motifs is 7. The maximum atomic E-state index is 6.14. The summed E-state index contributed by atoms with van der Waals surface area (Å²) in [5.74, 6) is 0. The van der Waals surface area contributed by atoms with E-state index in [2.05, 4.69) is 183 Å². The molecule has 0 bridgehead atoms. The highest BCUT2D eigenvalue weighted by Crippen LogP contribution is 2.52. The molecule has 0 aliphatic heterocycles. The summed E-state index contributed by atoms with van der Waals surface area (Å²) in [6.07, 6.45) is 0. The molecule has 248 valence electrons. The van der Waals surface area contributed by atoms with Crippen molar-refractivity contribution in [2.75, 3.05) is 4.90 Å². The molecule has 10 rings (SSSR count). The third-order valence-corrected chi connectivity index (χ3v) is 11.2. The van der Waals surface area contributed by atoms with E-state index in [9.17, 15) is 0 Å². The van der Waals surface area contributed by atoms with E-state index in [0.717, 1.165) is 39.0 Å². The van der Waals surface area contributed by atoms with Crippen molar-refractivity contribution in [2.45, 2.75) is 26.2 Å². The van der Waals surface area contributed by atoms with Gasteiger partial charge >= 0.3 is 0 Å². The second kappa shape index (κ2) is 11.6. The molecule has 0 N–H and O–H groups in total. The molecule has 1 aliphatic rings. The molecular weight excluding hydrogens is 631 g/mol. The van der Waals surface area contributed by atoms with Crippen LogP contribution in [0.2, 0.25) is 0 Å². The van der Waals surface area contributed by atoms with Crippen LogP contribution in [-0.2, 0) is 5.41 Å². The van der Waals surface area contributed by atoms with Gasteiger partial charge in [0.1, 0.15) is 11.2 Å². The molecule has 0 saturated heterocycles. The van der Waals surface area contributed by atoms with E-state index < -0.39 is 0 Å². The Hall–Kier alpha value is -6.38. The molecule has 9 aromatic rings. The first-order valence-electron chi connectivity index (χ1n) is 18.1. The number of hydrogen-bond acceptors (Lipinski definition) is 2. The standard InChI is InChI=1S/C50H37NO/c1-32-12-11-18-43-48(32)41-27-26-38(31-44(41)50(43,2)3)51(45-28-22-34-13-7-8-16-39(34)49(45)35-14-5-4-6-15-35)37-24-20-33(21-25-37)36-23-29-47-42(30-36)40-17-9-10-19-46(40)52-47/h4-31H,1-3H3. The van der Waals surface area contributed by atoms with E-state index in [4.69, 9.17) is 4.42 Å². The molecule has 1 aliphatic carbocycles. The minimum Gasteiger partial charge on any atom is -0.456 e. The van der Waals surface area contributed by atoms with Crippen LogP contribution in [0.3, 0.4) is 0 Å². The predicted molar refractivity (Wildman–Crippen MR) is 219 cm³/mol. The maximum Gasteiger partial charge on any atom is 0.135 e. The Morgan fingerprint density at radius 3 is 2.02 bits per heavy atom. The Balaban J connectivity index is 1.17. The Morgan fingerprint density at radius 1 is 0.462 bits per heavy atom. The number of hydrogen-bond donors (Lipinski definition) is 0. The lowest BCUT2D eigenvalue weighted by Gasteiger charge is -2.30. The lowest BCUT2D eigenvalue weighted by molar-refractivity contribution is 0.660. The number of anilines is 3. The fraction of sp³-hybridized carbons (Fsp3) is 0.0800. The number of para-hydroxylation sites is 1. The van der Waals surface area contributed by atoms with E-state index in [1.807, 2.05) is 12.1 Å². The summed E-state index contributed by atoms with van der Waals surface area (Å²) in [5, 5.41) is 4.74. The highest BCUT2D eigenvalue weighted by molar-refractivity contribution is 6.07. The molecular formula is C50H37NO. The molecule has 52 heavy (non-hydrogen) atoms. The minimum absolute atomic E-state index is 0.121. The molecule has 0 saturated carbocycles. The van der Waals surface area contributed by atoms with Crippen molar-refractivity contribution in [3.8, 4) is 33.4 Å². The van der Waals surface area contributed by atoms with E-state index in [0.29, 0.717) is 0 Å². The summed E-state index contributed by atoms with van der Waals surface area (Å²) in [6.45, 7) is 6.97. The van der Waals surface area contributed by atoms with Gasteiger partial charge in [0.15, 0.2) is 0 Å². The second-order valence-electron chi connectivity index (χ2n) is 14.6. The quantitative estimate of drug-likeness (QED) is 0.182. The van der Waals surface area contributed by atoms with E-state index >= 15 is 0 Å². The monoisotopic (exact) mass is 667 g/mol. The van der Waals surface area contributed by atoms with Crippen molar-refractivity contribution < 1.29 is 4.42 Å². The van der Waals surface area contributed by atoms with Crippen LogP contribution in [0.4, 0.5) is 17.1 Å². The van der Waals surface area contributed by atoms with Gasteiger partial charge in [-0.05, 0) is 111 Å². The first-order valence-corrected chi connectivity index (χ1v) is 18.1. The summed E-state index contributed by atoms with van der Waals surface area (Å²) in [5.41, 5.74) is 16.6. The number of benzene rings is 8. The fourth-order valence-electron chi connectivity index (χ4n) is 8.59. The predicted octanol–water partition coefficient (Wildman–Crippen LogP) is 14.2. The number of aryl methyl sites for hydroxylation is 1. The summed E-state index contributed by atoms with van der Waals surface area (Å²) < 4.78 is 6.14. The Morgan fingerprint density at radius 2 is 1.17 bits per heavy atom. The number of furan rings is 1. The van der Waals surface area contributed by atoms with Crippen LogP contribution in [0.15, 0.2) is 174 Å². The Kier molecular flexibility index (Phi) is 6.78. The molecule has 0 unspecified atom stereocenters. The van der Waals surface area contributed by atoms with Gasteiger partial charge in [-0.1, -0.05) is 135 Å². The zero-order valence-electron chi connectivity index (χ0n) is 29.5. The molecule has 0 spiro atoms. The van der Waals surface area contributed by atoms with Gasteiger partial charge in [-0.2, -0.15) is 0 Å². The lowest BCUT2D eigenvalue weighted by Crippen LogP contribution is -2.17. The third kappa shape index (κ3) is 4.64. The summed E-state index contributed by atoms with van der Waals surface area (Å²) in [6, 6.07) is 61.8. The highest BCUT2D eigenvalue weighted by atomic mass is 16.3. The molecule has 2 heteroatoms. The zero-order chi connectivity index (χ0) is 35.0. The van der Waals surface area contributed by atoms with Crippen LogP contribution >= 0.6 is 0 Å². The van der Waals surface area contributed by atoms with Gasteiger partial charge in [0.2, 0.25) is 0 Å². The first kappa shape index (κ1) is 30.4. The molecule has 0 amide bonds. The van der Waals surface area contributed by atoms with Gasteiger partial charge < -0.3 is 9.32 Å². The molecule has 1 aromatic heterocycles. The third-order valence-electron chi connectivity index (χ3n) is 11.2. The van der Waals surface area contributed by atoms with E-state index in [-0.39, 0.29) is 5.41 Å².